The molecule has 0 radical (unpaired) electrons. The first kappa shape index (κ1) is 15.6. The average molecular weight is 310 g/mol. The molecular weight excluding hydrogens is 296 g/mol. The van der Waals surface area contributed by atoms with Crippen LogP contribution in [0.3, 0.4) is 0 Å². The zero-order valence-corrected chi connectivity index (χ0v) is 13.0. The summed E-state index contributed by atoms with van der Waals surface area (Å²) >= 11 is 0. The fourth-order valence-corrected chi connectivity index (χ4v) is 3.92. The third kappa shape index (κ3) is 1.88. The molecule has 0 amide bonds. The number of hydrogen-bond acceptors (Lipinski definition) is 4. The van der Waals surface area contributed by atoms with E-state index in [9.17, 15) is 21.0 Å². The van der Waals surface area contributed by atoms with Gasteiger partial charge in [0.05, 0.1) is 24.3 Å². The van der Waals surface area contributed by atoms with Gasteiger partial charge in [-0.1, -0.05) is 48.6 Å². The minimum atomic E-state index is -1.63. The molecule has 0 aromatic heterocycles. The molecule has 0 spiro atoms. The summed E-state index contributed by atoms with van der Waals surface area (Å²) in [7, 11) is 0. The molecule has 0 heterocycles. The van der Waals surface area contributed by atoms with E-state index < -0.39 is 16.7 Å². The lowest BCUT2D eigenvalue weighted by molar-refractivity contribution is 0.266. The first-order chi connectivity index (χ1) is 11.7. The molecule has 24 heavy (non-hydrogen) atoms. The van der Waals surface area contributed by atoms with Gasteiger partial charge in [0.15, 0.2) is 10.8 Å². The zero-order chi connectivity index (χ0) is 17.2. The van der Waals surface area contributed by atoms with Gasteiger partial charge < -0.3 is 0 Å². The first-order valence-electron chi connectivity index (χ1n) is 7.76. The van der Waals surface area contributed by atoms with Gasteiger partial charge in [0.2, 0.25) is 0 Å². The number of nitrogens with zero attached hydrogens (tertiary/aromatic N) is 4. The molecule has 1 fully saturated rings. The van der Waals surface area contributed by atoms with Crippen LogP contribution in [0.5, 0.6) is 0 Å². The van der Waals surface area contributed by atoms with Crippen LogP contribution in [-0.2, 0) is 0 Å². The van der Waals surface area contributed by atoms with Crippen LogP contribution < -0.4 is 0 Å². The highest BCUT2D eigenvalue weighted by atomic mass is 14.7. The summed E-state index contributed by atoms with van der Waals surface area (Å²) < 4.78 is 0. The van der Waals surface area contributed by atoms with Crippen molar-refractivity contribution in [3.63, 3.8) is 0 Å². The van der Waals surface area contributed by atoms with Crippen LogP contribution in [0.2, 0.25) is 0 Å². The summed E-state index contributed by atoms with van der Waals surface area (Å²) in [4.78, 5) is 0. The van der Waals surface area contributed by atoms with E-state index in [0.29, 0.717) is 12.8 Å². The molecule has 0 aliphatic heterocycles. The fraction of sp³-hybridized carbons (Fsp3) is 0.300. The van der Waals surface area contributed by atoms with Crippen molar-refractivity contribution in [3.8, 4) is 24.3 Å². The first-order valence-corrected chi connectivity index (χ1v) is 7.76. The summed E-state index contributed by atoms with van der Waals surface area (Å²) in [5.41, 5.74) is -1.21. The Hall–Kier alpha value is -3.34. The van der Waals surface area contributed by atoms with Crippen molar-refractivity contribution in [1.29, 1.82) is 21.0 Å². The van der Waals surface area contributed by atoms with Gasteiger partial charge in [0, 0.05) is 5.92 Å². The number of rotatable bonds is 1. The SMILES string of the molecule is N#CC1(C#N)[C@H]2CC=C(c3ccccc3)C=C[C@H](C2)C1(C#N)C#N. The van der Waals surface area contributed by atoms with E-state index in [2.05, 4.69) is 0 Å². The zero-order valence-electron chi connectivity index (χ0n) is 13.0. The molecule has 0 unspecified atom stereocenters. The van der Waals surface area contributed by atoms with E-state index in [1.807, 2.05) is 72.8 Å². The van der Waals surface area contributed by atoms with E-state index in [1.54, 1.807) is 0 Å². The summed E-state index contributed by atoms with van der Waals surface area (Å²) in [6.07, 6.45) is 6.73. The molecule has 0 N–H and O–H groups in total. The monoisotopic (exact) mass is 310 g/mol. The number of allylic oxidation sites excluding steroid dienone is 4. The lowest BCUT2D eigenvalue weighted by Crippen LogP contribution is -2.40. The van der Waals surface area contributed by atoms with Gasteiger partial charge in [0.25, 0.3) is 0 Å². The molecule has 2 atom stereocenters. The molecular formula is C20H14N4. The van der Waals surface area contributed by atoms with Gasteiger partial charge >= 0.3 is 0 Å². The Labute approximate surface area is 141 Å². The molecule has 2 aliphatic carbocycles. The second kappa shape index (κ2) is 5.70. The molecule has 114 valence electrons. The quantitative estimate of drug-likeness (QED) is 0.789. The third-order valence-corrected chi connectivity index (χ3v) is 5.27. The van der Waals surface area contributed by atoms with Crippen LogP contribution >= 0.6 is 0 Å². The average Bonchev–Trinajstić information content (AvgIpc) is 2.91. The maximum absolute atomic E-state index is 9.71. The highest BCUT2D eigenvalue weighted by Crippen LogP contribution is 2.60. The molecule has 3 rings (SSSR count). The van der Waals surface area contributed by atoms with Gasteiger partial charge in [0.1, 0.15) is 0 Å². The van der Waals surface area contributed by atoms with Crippen LogP contribution in [-0.4, -0.2) is 0 Å². The molecule has 1 aromatic rings. The molecule has 2 bridgehead atoms. The second-order valence-corrected chi connectivity index (χ2v) is 6.22. The molecule has 4 nitrogen and oxygen atoms in total. The summed E-state index contributed by atoms with van der Waals surface area (Å²) in [5.74, 6) is -0.760. The highest BCUT2D eigenvalue weighted by molar-refractivity contribution is 5.74. The molecule has 1 saturated carbocycles. The van der Waals surface area contributed by atoms with Crippen LogP contribution in [0, 0.1) is 68.0 Å². The number of benzene rings is 1. The van der Waals surface area contributed by atoms with Crippen LogP contribution in [0.4, 0.5) is 0 Å². The van der Waals surface area contributed by atoms with Crippen LogP contribution in [0.25, 0.3) is 5.57 Å². The predicted molar refractivity (Wildman–Crippen MR) is 87.1 cm³/mol. The topological polar surface area (TPSA) is 95.2 Å². The van der Waals surface area contributed by atoms with Crippen molar-refractivity contribution in [1.82, 2.24) is 0 Å². The Morgan fingerprint density at radius 2 is 1.50 bits per heavy atom. The van der Waals surface area contributed by atoms with E-state index in [-0.39, 0.29) is 5.92 Å². The largest absolute Gasteiger partial charge is 0.196 e. The minimum Gasteiger partial charge on any atom is -0.196 e. The summed E-state index contributed by atoms with van der Waals surface area (Å²) in [6.45, 7) is 0. The van der Waals surface area contributed by atoms with Crippen LogP contribution in [0.1, 0.15) is 18.4 Å². The third-order valence-electron chi connectivity index (χ3n) is 5.27. The van der Waals surface area contributed by atoms with E-state index in [0.717, 1.165) is 11.1 Å². The van der Waals surface area contributed by atoms with Crippen molar-refractivity contribution in [2.45, 2.75) is 12.8 Å². The van der Waals surface area contributed by atoms with Crippen molar-refractivity contribution < 1.29 is 0 Å². The van der Waals surface area contributed by atoms with Gasteiger partial charge in [-0.3, -0.25) is 0 Å². The van der Waals surface area contributed by atoms with Crippen molar-refractivity contribution in [2.75, 3.05) is 0 Å². The van der Waals surface area contributed by atoms with Gasteiger partial charge in [-0.05, 0) is 29.9 Å². The Balaban J connectivity index is 2.15. The van der Waals surface area contributed by atoms with Crippen molar-refractivity contribution in [3.05, 3.63) is 54.1 Å². The van der Waals surface area contributed by atoms with E-state index in [1.165, 1.54) is 0 Å². The van der Waals surface area contributed by atoms with Crippen LogP contribution in [0.15, 0.2) is 48.6 Å². The number of fused-ring (bicyclic) bond motifs is 2. The lowest BCUT2D eigenvalue weighted by Gasteiger charge is -2.29. The Kier molecular flexibility index (Phi) is 3.69. The maximum Gasteiger partial charge on any atom is 0.181 e. The Morgan fingerprint density at radius 3 is 2.08 bits per heavy atom. The highest BCUT2D eigenvalue weighted by Gasteiger charge is 2.67. The smallest absolute Gasteiger partial charge is 0.181 e. The van der Waals surface area contributed by atoms with Gasteiger partial charge in [-0.15, -0.1) is 0 Å². The summed E-state index contributed by atoms with van der Waals surface area (Å²) in [6, 6.07) is 17.9. The normalized spacial score (nSPS) is 25.8. The summed E-state index contributed by atoms with van der Waals surface area (Å²) in [5, 5.41) is 38.8. The molecule has 2 aliphatic rings. The molecule has 0 saturated heterocycles. The van der Waals surface area contributed by atoms with Crippen molar-refractivity contribution in [2.24, 2.45) is 22.7 Å². The Morgan fingerprint density at radius 1 is 0.875 bits per heavy atom. The second-order valence-electron chi connectivity index (χ2n) is 6.22. The Bertz CT molecular complexity index is 853. The lowest BCUT2D eigenvalue weighted by atomic mass is 9.62. The predicted octanol–water partition coefficient (Wildman–Crippen LogP) is 3.73. The standard InChI is InChI=1S/C20H14N4/c21-11-19(12-22)17-8-6-16(15-4-2-1-3-5-15)7-9-18(10-17)20(19,13-23)14-24/h1-8,17-18H,9-10H2/t17-,18+/m1/s1. The van der Waals surface area contributed by atoms with E-state index >= 15 is 0 Å². The maximum atomic E-state index is 9.71. The van der Waals surface area contributed by atoms with E-state index in [4.69, 9.17) is 0 Å². The number of nitriles is 4. The minimum absolute atomic E-state index is 0.333. The van der Waals surface area contributed by atoms with Gasteiger partial charge in [-0.25, -0.2) is 0 Å². The van der Waals surface area contributed by atoms with Gasteiger partial charge in [-0.2, -0.15) is 21.0 Å². The molecule has 4 heteroatoms. The molecule has 1 aromatic carbocycles. The van der Waals surface area contributed by atoms with Crippen molar-refractivity contribution >= 4 is 5.57 Å². The fourth-order valence-electron chi connectivity index (χ4n) is 3.92. The number of hydrogen-bond donors (Lipinski definition) is 0.